The van der Waals surface area contributed by atoms with Gasteiger partial charge in [-0.3, -0.25) is 4.79 Å². The molecule has 0 bridgehead atoms. The van der Waals surface area contributed by atoms with Crippen LogP contribution in [0.3, 0.4) is 0 Å². The summed E-state index contributed by atoms with van der Waals surface area (Å²) >= 11 is 0. The first-order valence-electron chi connectivity index (χ1n) is 12.2. The molecule has 0 aromatic heterocycles. The molecule has 0 atom stereocenters. The van der Waals surface area contributed by atoms with E-state index in [1.165, 1.54) is 30.4 Å². The van der Waals surface area contributed by atoms with Gasteiger partial charge in [-0.25, -0.2) is 0 Å². The van der Waals surface area contributed by atoms with Crippen LogP contribution in [0, 0.1) is 0 Å². The molecule has 0 unspecified atom stereocenters. The highest BCUT2D eigenvalue weighted by Gasteiger charge is 2.10. The summed E-state index contributed by atoms with van der Waals surface area (Å²) in [4.78, 5) is 11.9. The fourth-order valence-electron chi connectivity index (χ4n) is 4.17. The third-order valence-corrected chi connectivity index (χ3v) is 6.00. The zero-order valence-corrected chi connectivity index (χ0v) is 20.6. The Kier molecular flexibility index (Phi) is 10.0. The molecule has 0 N–H and O–H groups in total. The Morgan fingerprint density at radius 1 is 0.735 bits per heavy atom. The third-order valence-electron chi connectivity index (χ3n) is 6.00. The maximum atomic E-state index is 11.9. The molecule has 0 saturated carbocycles. The minimum absolute atomic E-state index is 0.202. The van der Waals surface area contributed by atoms with Crippen LogP contribution in [0.1, 0.15) is 49.3 Å². The van der Waals surface area contributed by atoms with Gasteiger partial charge in [0.2, 0.25) is 0 Å². The molecule has 4 nitrogen and oxygen atoms in total. The van der Waals surface area contributed by atoms with Crippen molar-refractivity contribution in [2.45, 2.75) is 51.9 Å². The molecule has 4 heteroatoms. The maximum absolute atomic E-state index is 11.9. The van der Waals surface area contributed by atoms with Crippen LogP contribution in [0.4, 0.5) is 0 Å². The number of esters is 1. The Morgan fingerprint density at radius 3 is 2.12 bits per heavy atom. The first-order chi connectivity index (χ1) is 16.6. The van der Waals surface area contributed by atoms with E-state index in [1.54, 1.807) is 14.2 Å². The number of rotatable bonds is 13. The summed E-state index contributed by atoms with van der Waals surface area (Å²) in [5.74, 6) is 1.55. The van der Waals surface area contributed by atoms with Gasteiger partial charge in [0.05, 0.1) is 27.2 Å². The molecule has 0 aliphatic rings. The molecule has 3 rings (SSSR count). The van der Waals surface area contributed by atoms with Crippen molar-refractivity contribution in [3.8, 4) is 22.6 Å². The predicted octanol–water partition coefficient (Wildman–Crippen LogP) is 6.82. The fraction of sp³-hybridized carbons (Fsp3) is 0.367. The number of hydrogen-bond donors (Lipinski definition) is 0. The van der Waals surface area contributed by atoms with Gasteiger partial charge in [-0.1, -0.05) is 55.3 Å². The lowest BCUT2D eigenvalue weighted by Crippen LogP contribution is -2.07. The summed E-state index contributed by atoms with van der Waals surface area (Å²) in [7, 11) is 3.40. The highest BCUT2D eigenvalue weighted by molar-refractivity contribution is 5.75. The van der Waals surface area contributed by atoms with Gasteiger partial charge in [-0.2, -0.15) is 0 Å². The molecule has 3 aromatic rings. The molecule has 0 radical (unpaired) electrons. The summed E-state index contributed by atoms with van der Waals surface area (Å²) in [6, 6.07) is 22.9. The molecule has 0 amide bonds. The molecule has 0 aliphatic carbocycles. The number of carbonyl (C=O) groups is 1. The van der Waals surface area contributed by atoms with Crippen molar-refractivity contribution in [2.75, 3.05) is 20.8 Å². The van der Waals surface area contributed by atoms with Gasteiger partial charge in [0.15, 0.2) is 0 Å². The summed E-state index contributed by atoms with van der Waals surface area (Å²) in [5.41, 5.74) is 5.73. The summed E-state index contributed by atoms with van der Waals surface area (Å²) in [6.45, 7) is 2.22. The van der Waals surface area contributed by atoms with E-state index in [4.69, 9.17) is 14.2 Å². The van der Waals surface area contributed by atoms with E-state index in [0.717, 1.165) is 47.5 Å². The SMILES string of the molecule is CCOC(=O)Cc1cccc(-c2cc(CCCCCCc3ccc(OC)cc3)ccc2OC)c1. The van der Waals surface area contributed by atoms with E-state index in [-0.39, 0.29) is 12.4 Å². The monoisotopic (exact) mass is 460 g/mol. The number of unbranched alkanes of at least 4 members (excludes halogenated alkanes) is 3. The van der Waals surface area contributed by atoms with Crippen molar-refractivity contribution in [1.29, 1.82) is 0 Å². The van der Waals surface area contributed by atoms with Crippen LogP contribution < -0.4 is 9.47 Å². The fourth-order valence-corrected chi connectivity index (χ4v) is 4.17. The van der Waals surface area contributed by atoms with Crippen molar-refractivity contribution in [3.63, 3.8) is 0 Å². The average Bonchev–Trinajstić information content (AvgIpc) is 2.86. The predicted molar refractivity (Wildman–Crippen MR) is 138 cm³/mol. The van der Waals surface area contributed by atoms with Crippen LogP contribution in [0.15, 0.2) is 66.7 Å². The lowest BCUT2D eigenvalue weighted by Gasteiger charge is -2.12. The van der Waals surface area contributed by atoms with E-state index in [1.807, 2.05) is 37.3 Å². The van der Waals surface area contributed by atoms with Gasteiger partial charge in [0, 0.05) is 5.56 Å². The zero-order valence-electron chi connectivity index (χ0n) is 20.6. The van der Waals surface area contributed by atoms with Gasteiger partial charge in [0.1, 0.15) is 11.5 Å². The number of aryl methyl sites for hydroxylation is 2. The number of ether oxygens (including phenoxy) is 3. The van der Waals surface area contributed by atoms with Crippen LogP contribution in [0.25, 0.3) is 11.1 Å². The van der Waals surface area contributed by atoms with Gasteiger partial charge >= 0.3 is 5.97 Å². The minimum Gasteiger partial charge on any atom is -0.497 e. The van der Waals surface area contributed by atoms with E-state index in [2.05, 4.69) is 36.4 Å². The van der Waals surface area contributed by atoms with Crippen molar-refractivity contribution in [1.82, 2.24) is 0 Å². The molecule has 0 spiro atoms. The van der Waals surface area contributed by atoms with Crippen LogP contribution in [-0.2, 0) is 28.8 Å². The van der Waals surface area contributed by atoms with Gasteiger partial charge in [0.25, 0.3) is 0 Å². The third kappa shape index (κ3) is 7.65. The maximum Gasteiger partial charge on any atom is 0.310 e. The highest BCUT2D eigenvalue weighted by atomic mass is 16.5. The number of benzene rings is 3. The van der Waals surface area contributed by atoms with Gasteiger partial charge in [-0.15, -0.1) is 0 Å². The lowest BCUT2D eigenvalue weighted by molar-refractivity contribution is -0.142. The molecular weight excluding hydrogens is 424 g/mol. The highest BCUT2D eigenvalue weighted by Crippen LogP contribution is 2.32. The number of carbonyl (C=O) groups excluding carboxylic acids is 1. The molecule has 0 aliphatic heterocycles. The first kappa shape index (κ1) is 25.4. The Hall–Kier alpha value is -3.27. The van der Waals surface area contributed by atoms with Crippen LogP contribution in [-0.4, -0.2) is 26.8 Å². The van der Waals surface area contributed by atoms with E-state index >= 15 is 0 Å². The van der Waals surface area contributed by atoms with Crippen LogP contribution >= 0.6 is 0 Å². The lowest BCUT2D eigenvalue weighted by atomic mass is 9.97. The van der Waals surface area contributed by atoms with Crippen molar-refractivity contribution < 1.29 is 19.0 Å². The van der Waals surface area contributed by atoms with Crippen molar-refractivity contribution >= 4 is 5.97 Å². The largest absolute Gasteiger partial charge is 0.497 e. The number of methoxy groups -OCH3 is 2. The standard InChI is InChI=1S/C30H36O4/c1-4-34-30(31)22-25-12-9-13-26(20-25)28-21-24(16-19-29(28)33-3)11-8-6-5-7-10-23-14-17-27(32-2)18-15-23/h9,12-21H,4-8,10-11,22H2,1-3H3. The second kappa shape index (κ2) is 13.4. The Bertz CT molecular complexity index is 1040. The quantitative estimate of drug-likeness (QED) is 0.207. The summed E-state index contributed by atoms with van der Waals surface area (Å²) in [6.07, 6.45) is 7.24. The van der Waals surface area contributed by atoms with E-state index < -0.39 is 0 Å². The molecule has 0 saturated heterocycles. The average molecular weight is 461 g/mol. The summed E-state index contributed by atoms with van der Waals surface area (Å²) < 4.78 is 15.9. The topological polar surface area (TPSA) is 44.8 Å². The molecule has 34 heavy (non-hydrogen) atoms. The van der Waals surface area contributed by atoms with Gasteiger partial charge < -0.3 is 14.2 Å². The molecule has 180 valence electrons. The molecular formula is C30H36O4. The number of hydrogen-bond acceptors (Lipinski definition) is 4. The second-order valence-corrected chi connectivity index (χ2v) is 8.48. The normalized spacial score (nSPS) is 10.7. The smallest absolute Gasteiger partial charge is 0.310 e. The minimum atomic E-state index is -0.202. The Balaban J connectivity index is 1.54. The zero-order chi connectivity index (χ0) is 24.2. The van der Waals surface area contributed by atoms with E-state index in [0.29, 0.717) is 6.61 Å². The van der Waals surface area contributed by atoms with E-state index in [9.17, 15) is 4.79 Å². The molecule has 0 fully saturated rings. The van der Waals surface area contributed by atoms with Crippen molar-refractivity contribution in [3.05, 3.63) is 83.4 Å². The Labute approximate surface area is 203 Å². The van der Waals surface area contributed by atoms with Crippen LogP contribution in [0.2, 0.25) is 0 Å². The first-order valence-corrected chi connectivity index (χ1v) is 12.2. The summed E-state index contributed by atoms with van der Waals surface area (Å²) in [5, 5.41) is 0. The van der Waals surface area contributed by atoms with Gasteiger partial charge in [-0.05, 0) is 79.1 Å². The van der Waals surface area contributed by atoms with Crippen LogP contribution in [0.5, 0.6) is 11.5 Å². The Morgan fingerprint density at radius 2 is 1.44 bits per heavy atom. The second-order valence-electron chi connectivity index (χ2n) is 8.48. The van der Waals surface area contributed by atoms with Crippen molar-refractivity contribution in [2.24, 2.45) is 0 Å². The molecule has 3 aromatic carbocycles. The molecule has 0 heterocycles.